The molecule has 5 heteroatoms. The standard InChI is InChI=1S/Cd.H3O3P/c;1-4(2)3/h;1-3H. The first-order chi connectivity index (χ1) is 1.73. The van der Waals surface area contributed by atoms with Gasteiger partial charge in [-0.2, -0.15) is 0 Å². The molecule has 0 fully saturated rings. The summed E-state index contributed by atoms with van der Waals surface area (Å²) in [6, 6.07) is 0. The Morgan fingerprint density at radius 2 is 1.00 bits per heavy atom. The van der Waals surface area contributed by atoms with Crippen LogP contribution in [0.1, 0.15) is 0 Å². The van der Waals surface area contributed by atoms with Crippen molar-refractivity contribution in [3.05, 3.63) is 0 Å². The third-order valence-electron chi connectivity index (χ3n) is 0. The second-order valence-corrected chi connectivity index (χ2v) is 0.805. The van der Waals surface area contributed by atoms with E-state index in [0.29, 0.717) is 0 Å². The summed E-state index contributed by atoms with van der Waals surface area (Å²) in [5, 5.41) is 0. The summed E-state index contributed by atoms with van der Waals surface area (Å²) in [5.41, 5.74) is 0. The summed E-state index contributed by atoms with van der Waals surface area (Å²) in [4.78, 5) is 21.7. The van der Waals surface area contributed by atoms with Crippen LogP contribution in [0.25, 0.3) is 0 Å². The second-order valence-electron chi connectivity index (χ2n) is 0.268. The van der Waals surface area contributed by atoms with E-state index >= 15 is 0 Å². The van der Waals surface area contributed by atoms with Gasteiger partial charge in [-0.15, -0.1) is 0 Å². The first-order valence-corrected chi connectivity index (χ1v) is 1.80. The summed E-state index contributed by atoms with van der Waals surface area (Å²) in [5.74, 6) is 0. The molecule has 0 saturated heterocycles. The number of rotatable bonds is 0. The molecule has 0 amide bonds. The number of hydrogen-bond acceptors (Lipinski definition) is 3. The minimum atomic E-state index is -2.62. The van der Waals surface area contributed by atoms with E-state index in [-0.39, 0.29) is 27.3 Å². The summed E-state index contributed by atoms with van der Waals surface area (Å²) in [7, 11) is -2.62. The van der Waals surface area contributed by atoms with Gasteiger partial charge in [0.05, 0.1) is 0 Å². The molecule has 0 aliphatic rings. The minimum absolute atomic E-state index is 0. The maximum Gasteiger partial charge on any atom is 0.324 e. The van der Waals surface area contributed by atoms with E-state index in [1.807, 2.05) is 0 Å². The zero-order valence-electron chi connectivity index (χ0n) is 2.50. The molecule has 0 aromatic rings. The van der Waals surface area contributed by atoms with E-state index in [2.05, 4.69) is 0 Å². The molecule has 5 heavy (non-hydrogen) atoms. The van der Waals surface area contributed by atoms with E-state index in [4.69, 9.17) is 14.7 Å². The van der Waals surface area contributed by atoms with E-state index in [1.165, 1.54) is 0 Å². The molecule has 0 unspecified atom stereocenters. The molecule has 0 spiro atoms. The van der Waals surface area contributed by atoms with Crippen LogP contribution in [0.2, 0.25) is 0 Å². The first kappa shape index (κ1) is 9.53. The van der Waals surface area contributed by atoms with Crippen molar-refractivity contribution in [1.82, 2.24) is 0 Å². The van der Waals surface area contributed by atoms with Gasteiger partial charge in [0.2, 0.25) is 0 Å². The largest absolute Gasteiger partial charge is 0.328 e. The molecule has 0 aromatic carbocycles. The van der Waals surface area contributed by atoms with Gasteiger partial charge >= 0.3 is 8.60 Å². The normalized spacial score (nSPS) is 7.20. The quantitative estimate of drug-likeness (QED) is 0.349. The molecule has 0 aliphatic heterocycles. The van der Waals surface area contributed by atoms with Crippen molar-refractivity contribution < 1.29 is 42.0 Å². The van der Waals surface area contributed by atoms with Gasteiger partial charge in [0.1, 0.15) is 0 Å². The Labute approximate surface area is 50.8 Å². The Morgan fingerprint density at radius 3 is 1.00 bits per heavy atom. The van der Waals surface area contributed by atoms with Gasteiger partial charge in [0.25, 0.3) is 0 Å². The zero-order chi connectivity index (χ0) is 3.58. The van der Waals surface area contributed by atoms with Crippen molar-refractivity contribution >= 4 is 8.60 Å². The van der Waals surface area contributed by atoms with E-state index in [1.54, 1.807) is 0 Å². The van der Waals surface area contributed by atoms with Gasteiger partial charge < -0.3 is 14.7 Å². The number of hydrogen-bond donors (Lipinski definition) is 3. The smallest absolute Gasteiger partial charge is 0.324 e. The molecule has 3 N–H and O–H groups in total. The molecule has 0 heterocycles. The van der Waals surface area contributed by atoms with Crippen molar-refractivity contribution in [3.63, 3.8) is 0 Å². The van der Waals surface area contributed by atoms with Crippen LogP contribution >= 0.6 is 8.60 Å². The fourth-order valence-electron chi connectivity index (χ4n) is 0. The third-order valence-corrected chi connectivity index (χ3v) is 0. The predicted molar refractivity (Wildman–Crippen MR) is 13.6 cm³/mol. The average molecular weight is 194 g/mol. The van der Waals surface area contributed by atoms with Crippen LogP contribution in [0, 0.1) is 0 Å². The van der Waals surface area contributed by atoms with Crippen molar-refractivity contribution in [1.29, 1.82) is 0 Å². The van der Waals surface area contributed by atoms with Crippen LogP contribution in [0.4, 0.5) is 0 Å². The molecular formula is H3CdO3P. The SMILES string of the molecule is OP(O)O.[Cd]. The molecular weight excluding hydrogens is 191 g/mol. The van der Waals surface area contributed by atoms with Crippen LogP contribution in [-0.4, -0.2) is 14.7 Å². The van der Waals surface area contributed by atoms with Crippen LogP contribution in [0.5, 0.6) is 0 Å². The monoisotopic (exact) mass is 196 g/mol. The van der Waals surface area contributed by atoms with E-state index in [9.17, 15) is 0 Å². The molecule has 0 saturated carbocycles. The summed E-state index contributed by atoms with van der Waals surface area (Å²) >= 11 is 0. The topological polar surface area (TPSA) is 60.7 Å². The summed E-state index contributed by atoms with van der Waals surface area (Å²) in [6.45, 7) is 0. The minimum Gasteiger partial charge on any atom is -0.328 e. The third kappa shape index (κ3) is 36.0. The van der Waals surface area contributed by atoms with Gasteiger partial charge in [-0.25, -0.2) is 0 Å². The summed E-state index contributed by atoms with van der Waals surface area (Å²) in [6.07, 6.45) is 0. The fraction of sp³-hybridized carbons (Fsp3) is 0. The molecule has 0 aromatic heterocycles. The Morgan fingerprint density at radius 1 is 1.00 bits per heavy atom. The van der Waals surface area contributed by atoms with Gasteiger partial charge in [-0.3, -0.25) is 0 Å². The van der Waals surface area contributed by atoms with E-state index in [0.717, 1.165) is 0 Å². The van der Waals surface area contributed by atoms with Gasteiger partial charge in [0, 0.05) is 27.3 Å². The van der Waals surface area contributed by atoms with Crippen LogP contribution in [-0.2, 0) is 27.3 Å². The predicted octanol–water partition coefficient (Wildman–Crippen LogP) is -0.812. The Bertz CT molecular complexity index is 11.6. The molecule has 0 bridgehead atoms. The first-order valence-electron chi connectivity index (χ1n) is 0.600. The van der Waals surface area contributed by atoms with Gasteiger partial charge in [0.15, 0.2) is 0 Å². The molecule has 0 rings (SSSR count). The van der Waals surface area contributed by atoms with Gasteiger partial charge in [-0.05, 0) is 0 Å². The van der Waals surface area contributed by atoms with Crippen molar-refractivity contribution in [3.8, 4) is 0 Å². The average Bonchev–Trinajstić information content (AvgIpc) is 0.811. The van der Waals surface area contributed by atoms with Crippen molar-refractivity contribution in [2.24, 2.45) is 0 Å². The van der Waals surface area contributed by atoms with Gasteiger partial charge in [-0.1, -0.05) is 0 Å². The van der Waals surface area contributed by atoms with Crippen LogP contribution < -0.4 is 0 Å². The fourth-order valence-corrected chi connectivity index (χ4v) is 0. The van der Waals surface area contributed by atoms with Crippen molar-refractivity contribution in [2.75, 3.05) is 0 Å². The molecule has 28 valence electrons. The Kier molecular flexibility index (Phi) is 9.97. The van der Waals surface area contributed by atoms with Crippen LogP contribution in [0.15, 0.2) is 0 Å². The second kappa shape index (κ2) is 5.23. The Hall–Kier alpha value is 1.23. The molecule has 0 atom stereocenters. The zero-order valence-corrected chi connectivity index (χ0v) is 7.43. The van der Waals surface area contributed by atoms with Crippen LogP contribution in [0.3, 0.4) is 0 Å². The summed E-state index contributed by atoms with van der Waals surface area (Å²) < 4.78 is 0. The van der Waals surface area contributed by atoms with E-state index < -0.39 is 8.60 Å². The molecule has 3 nitrogen and oxygen atoms in total. The Balaban J connectivity index is 0. The molecule has 0 aliphatic carbocycles. The molecule has 0 radical (unpaired) electrons. The van der Waals surface area contributed by atoms with Crippen molar-refractivity contribution in [2.45, 2.75) is 0 Å². The maximum absolute atomic E-state index is 7.23. The maximum atomic E-state index is 7.23.